The van der Waals surface area contributed by atoms with Crippen molar-refractivity contribution in [1.29, 1.82) is 0 Å². The summed E-state index contributed by atoms with van der Waals surface area (Å²) in [4.78, 5) is 14.9. The van der Waals surface area contributed by atoms with Gasteiger partial charge >= 0.3 is 6.18 Å². The standard InChI is InChI=1S/C21H20F3NO4/c1-25-7-6-13-9-17-19(29-11-28-17)20(27-2)18(13)15(25)10-16(26)12-4-3-5-14(8-12)21(22,23)24/h3-5,8-9,15H,6-7,10-11H2,1-2H3. The number of hydrogen-bond acceptors (Lipinski definition) is 5. The topological polar surface area (TPSA) is 48.0 Å². The van der Waals surface area contributed by atoms with E-state index in [1.165, 1.54) is 19.2 Å². The average molecular weight is 407 g/mol. The van der Waals surface area contributed by atoms with E-state index in [4.69, 9.17) is 14.2 Å². The van der Waals surface area contributed by atoms with Crippen molar-refractivity contribution >= 4 is 5.78 Å². The zero-order chi connectivity index (χ0) is 20.8. The van der Waals surface area contributed by atoms with Gasteiger partial charge in [-0.1, -0.05) is 12.1 Å². The zero-order valence-corrected chi connectivity index (χ0v) is 16.0. The summed E-state index contributed by atoms with van der Waals surface area (Å²) in [6.07, 6.45) is -3.72. The van der Waals surface area contributed by atoms with Gasteiger partial charge in [-0.25, -0.2) is 0 Å². The van der Waals surface area contributed by atoms with Gasteiger partial charge in [-0.05, 0) is 37.2 Å². The molecule has 5 nitrogen and oxygen atoms in total. The number of ether oxygens (including phenoxy) is 3. The summed E-state index contributed by atoms with van der Waals surface area (Å²) in [6.45, 7) is 0.800. The van der Waals surface area contributed by atoms with E-state index >= 15 is 0 Å². The quantitative estimate of drug-likeness (QED) is 0.710. The molecule has 0 saturated heterocycles. The molecule has 2 aromatic rings. The molecule has 0 aliphatic carbocycles. The first-order valence-corrected chi connectivity index (χ1v) is 9.19. The fraction of sp³-hybridized carbons (Fsp3) is 0.381. The number of hydrogen-bond donors (Lipinski definition) is 0. The molecule has 2 aliphatic heterocycles. The predicted octanol–water partition coefficient (Wildman–Crippen LogP) is 4.24. The number of rotatable bonds is 4. The Morgan fingerprint density at radius 1 is 1.28 bits per heavy atom. The Morgan fingerprint density at radius 2 is 2.07 bits per heavy atom. The molecule has 0 amide bonds. The SMILES string of the molecule is COc1c2c(cc3c1C(CC(=O)c1cccc(C(F)(F)F)c1)N(C)CC3)OCO2. The lowest BCUT2D eigenvalue weighted by molar-refractivity contribution is -0.137. The molecule has 4 rings (SSSR count). The number of Topliss-reactive ketones (excluding diaryl/α,β-unsaturated/α-hetero) is 1. The number of likely N-dealkylation sites (N-methyl/N-ethyl adjacent to an activating group) is 1. The molecule has 2 heterocycles. The normalized spacial score (nSPS) is 18.4. The number of nitrogens with zero attached hydrogens (tertiary/aromatic N) is 1. The van der Waals surface area contributed by atoms with Crippen molar-refractivity contribution in [2.24, 2.45) is 0 Å². The van der Waals surface area contributed by atoms with Crippen molar-refractivity contribution in [2.45, 2.75) is 25.1 Å². The highest BCUT2D eigenvalue weighted by atomic mass is 19.4. The molecule has 0 saturated carbocycles. The van der Waals surface area contributed by atoms with E-state index < -0.39 is 11.7 Å². The smallest absolute Gasteiger partial charge is 0.416 e. The van der Waals surface area contributed by atoms with Gasteiger partial charge in [-0.15, -0.1) is 0 Å². The van der Waals surface area contributed by atoms with Gasteiger partial charge in [-0.2, -0.15) is 13.2 Å². The van der Waals surface area contributed by atoms with Crippen molar-refractivity contribution in [3.05, 3.63) is 52.6 Å². The van der Waals surface area contributed by atoms with Crippen LogP contribution in [-0.2, 0) is 12.6 Å². The summed E-state index contributed by atoms with van der Waals surface area (Å²) in [5.41, 5.74) is 1.03. The van der Waals surface area contributed by atoms with Crippen LogP contribution < -0.4 is 14.2 Å². The van der Waals surface area contributed by atoms with Crippen LogP contribution in [0, 0.1) is 0 Å². The highest BCUT2D eigenvalue weighted by Crippen LogP contribution is 2.50. The summed E-state index contributed by atoms with van der Waals surface area (Å²) in [6, 6.07) is 6.09. The van der Waals surface area contributed by atoms with E-state index in [2.05, 4.69) is 0 Å². The van der Waals surface area contributed by atoms with Crippen molar-refractivity contribution in [3.8, 4) is 17.2 Å². The minimum Gasteiger partial charge on any atom is -0.492 e. The molecule has 1 unspecified atom stereocenters. The Labute approximate surface area is 166 Å². The van der Waals surface area contributed by atoms with Crippen LogP contribution in [0.3, 0.4) is 0 Å². The Morgan fingerprint density at radius 3 is 2.79 bits per heavy atom. The Bertz CT molecular complexity index is 958. The fourth-order valence-corrected chi connectivity index (χ4v) is 3.95. The first-order valence-electron chi connectivity index (χ1n) is 9.19. The number of carbonyl (C=O) groups is 1. The van der Waals surface area contributed by atoms with Gasteiger partial charge in [0.15, 0.2) is 17.3 Å². The Kier molecular flexibility index (Phi) is 4.90. The molecule has 8 heteroatoms. The van der Waals surface area contributed by atoms with Gasteiger partial charge in [0, 0.05) is 30.1 Å². The van der Waals surface area contributed by atoms with Crippen LogP contribution in [0.5, 0.6) is 17.2 Å². The third-order valence-electron chi connectivity index (χ3n) is 5.44. The molecule has 0 spiro atoms. The van der Waals surface area contributed by atoms with Gasteiger partial charge in [0.25, 0.3) is 0 Å². The number of carbonyl (C=O) groups excluding carboxylic acids is 1. The van der Waals surface area contributed by atoms with E-state index in [1.54, 1.807) is 0 Å². The summed E-state index contributed by atoms with van der Waals surface area (Å²) < 4.78 is 55.6. The van der Waals surface area contributed by atoms with Gasteiger partial charge in [0.1, 0.15) is 0 Å². The van der Waals surface area contributed by atoms with Gasteiger partial charge < -0.3 is 14.2 Å². The lowest BCUT2D eigenvalue weighted by Gasteiger charge is -2.35. The second-order valence-corrected chi connectivity index (χ2v) is 7.17. The molecular weight excluding hydrogens is 387 g/mol. The number of halogens is 3. The minimum atomic E-state index is -4.49. The van der Waals surface area contributed by atoms with Crippen LogP contribution in [-0.4, -0.2) is 38.2 Å². The van der Waals surface area contributed by atoms with Crippen molar-refractivity contribution < 1.29 is 32.2 Å². The summed E-state index contributed by atoms with van der Waals surface area (Å²) in [5, 5.41) is 0. The molecule has 0 N–H and O–H groups in total. The molecule has 1 atom stereocenters. The van der Waals surface area contributed by atoms with Crippen molar-refractivity contribution in [3.63, 3.8) is 0 Å². The number of alkyl halides is 3. The molecule has 2 aliphatic rings. The summed E-state index contributed by atoms with van der Waals surface area (Å²) in [5.74, 6) is 1.26. The third-order valence-corrected chi connectivity index (χ3v) is 5.44. The molecular formula is C21H20F3NO4. The van der Waals surface area contributed by atoms with E-state index in [0.717, 1.165) is 29.7 Å². The molecule has 0 bridgehead atoms. The number of methoxy groups -OCH3 is 1. The third kappa shape index (κ3) is 3.53. The number of fused-ring (bicyclic) bond motifs is 2. The first kappa shape index (κ1) is 19.6. The molecule has 2 aromatic carbocycles. The lowest BCUT2D eigenvalue weighted by atomic mass is 9.87. The maximum atomic E-state index is 13.0. The van der Waals surface area contributed by atoms with E-state index in [1.807, 2.05) is 18.0 Å². The van der Waals surface area contributed by atoms with Crippen molar-refractivity contribution in [1.82, 2.24) is 4.90 Å². The fourth-order valence-electron chi connectivity index (χ4n) is 3.95. The van der Waals surface area contributed by atoms with Crippen LogP contribution in [0.15, 0.2) is 30.3 Å². The summed E-state index contributed by atoms with van der Waals surface area (Å²) >= 11 is 0. The second kappa shape index (κ2) is 7.26. The van der Waals surface area contributed by atoms with E-state index in [0.29, 0.717) is 23.8 Å². The highest BCUT2D eigenvalue weighted by molar-refractivity contribution is 5.96. The monoisotopic (exact) mass is 407 g/mol. The molecule has 154 valence electrons. The Balaban J connectivity index is 1.69. The second-order valence-electron chi connectivity index (χ2n) is 7.17. The van der Waals surface area contributed by atoms with Gasteiger partial charge in [0.2, 0.25) is 12.5 Å². The van der Waals surface area contributed by atoms with Crippen LogP contribution in [0.2, 0.25) is 0 Å². The molecule has 0 aromatic heterocycles. The number of ketones is 1. The highest BCUT2D eigenvalue weighted by Gasteiger charge is 2.36. The lowest BCUT2D eigenvalue weighted by Crippen LogP contribution is -2.34. The molecule has 0 fully saturated rings. The summed E-state index contributed by atoms with van der Waals surface area (Å²) in [7, 11) is 3.41. The largest absolute Gasteiger partial charge is 0.492 e. The number of benzene rings is 2. The van der Waals surface area contributed by atoms with Crippen LogP contribution in [0.4, 0.5) is 13.2 Å². The van der Waals surface area contributed by atoms with E-state index in [9.17, 15) is 18.0 Å². The first-order chi connectivity index (χ1) is 13.8. The van der Waals surface area contributed by atoms with Crippen molar-refractivity contribution in [2.75, 3.05) is 27.5 Å². The minimum absolute atomic E-state index is 0.0286. The maximum Gasteiger partial charge on any atom is 0.416 e. The maximum absolute atomic E-state index is 13.0. The van der Waals surface area contributed by atoms with Crippen LogP contribution in [0.1, 0.15) is 39.5 Å². The van der Waals surface area contributed by atoms with E-state index in [-0.39, 0.29) is 30.6 Å². The zero-order valence-electron chi connectivity index (χ0n) is 16.0. The van der Waals surface area contributed by atoms with Gasteiger partial charge in [0.05, 0.1) is 12.7 Å². The molecule has 0 radical (unpaired) electrons. The molecule has 29 heavy (non-hydrogen) atoms. The Hall–Kier alpha value is -2.74. The van der Waals surface area contributed by atoms with Crippen LogP contribution >= 0.6 is 0 Å². The predicted molar refractivity (Wildman–Crippen MR) is 98.6 cm³/mol. The average Bonchev–Trinajstić information content (AvgIpc) is 3.16. The van der Waals surface area contributed by atoms with Crippen LogP contribution in [0.25, 0.3) is 0 Å². The van der Waals surface area contributed by atoms with Gasteiger partial charge in [-0.3, -0.25) is 9.69 Å².